The molecule has 4 fully saturated rings. The summed E-state index contributed by atoms with van der Waals surface area (Å²) >= 11 is 0. The topological polar surface area (TPSA) is 116 Å². The molecule has 0 radical (unpaired) electrons. The molecule has 0 bridgehead atoms. The van der Waals surface area contributed by atoms with E-state index in [1.807, 2.05) is 0 Å². The van der Waals surface area contributed by atoms with Crippen molar-refractivity contribution in [2.24, 2.45) is 5.92 Å². The number of unbranched alkanes of at least 4 members (excludes halogenated alkanes) is 11. The number of Topliss-reactive ketones (excluding diaryl/α,β-unsaturated/α-hetero) is 1. The minimum Gasteiger partial charge on any atom is -0.462 e. The molecule has 0 saturated carbocycles. The lowest BCUT2D eigenvalue weighted by Crippen LogP contribution is -2.53. The van der Waals surface area contributed by atoms with Gasteiger partial charge in [0.15, 0.2) is 0 Å². The molecule has 10 atom stereocenters. The van der Waals surface area contributed by atoms with Gasteiger partial charge in [-0.2, -0.15) is 13.2 Å². The predicted molar refractivity (Wildman–Crippen MR) is 224 cm³/mol. The summed E-state index contributed by atoms with van der Waals surface area (Å²) in [7, 11) is 0.895. The molecule has 1 aromatic carbocycles. The molecule has 0 amide bonds. The van der Waals surface area contributed by atoms with Crippen LogP contribution in [-0.2, 0) is 53.1 Å². The summed E-state index contributed by atoms with van der Waals surface area (Å²) in [4.78, 5) is 37.1. The summed E-state index contributed by atoms with van der Waals surface area (Å²) in [6, 6.07) is 6.96. The molecular weight excluding hydrogens is 794 g/mol. The van der Waals surface area contributed by atoms with Gasteiger partial charge < -0.3 is 38.0 Å². The quantitative estimate of drug-likeness (QED) is 0.0658. The van der Waals surface area contributed by atoms with Crippen molar-refractivity contribution in [3.05, 3.63) is 35.9 Å². The number of hydrogen-bond acceptors (Lipinski definition) is 10. The highest BCUT2D eigenvalue weighted by atomic mass is 19.4. The van der Waals surface area contributed by atoms with E-state index in [0.717, 1.165) is 97.0 Å². The third kappa shape index (κ3) is 14.5. The summed E-state index contributed by atoms with van der Waals surface area (Å²) in [5.74, 6) is -1.94. The summed E-state index contributed by atoms with van der Waals surface area (Å²) in [5, 5.41) is 0. The van der Waals surface area contributed by atoms with E-state index in [1.165, 1.54) is 50.5 Å². The number of rotatable bonds is 26. The maximum Gasteiger partial charge on any atom is 0.432 e. The summed E-state index contributed by atoms with van der Waals surface area (Å²) in [6.07, 6.45) is 14.7. The Bertz CT molecular complexity index is 1460. The largest absolute Gasteiger partial charge is 0.462 e. The van der Waals surface area contributed by atoms with Gasteiger partial charge >= 0.3 is 18.1 Å². The molecule has 10 nitrogen and oxygen atoms in total. The average Bonchev–Trinajstić information content (AvgIpc) is 3.95. The maximum absolute atomic E-state index is 14.8. The van der Waals surface area contributed by atoms with Crippen LogP contribution in [0.15, 0.2) is 30.3 Å². The number of carbonyl (C=O) groups excluding carboxylic acids is 3. The van der Waals surface area contributed by atoms with Gasteiger partial charge in [-0.25, -0.2) is 4.79 Å². The smallest absolute Gasteiger partial charge is 0.432 e. The van der Waals surface area contributed by atoms with E-state index in [1.54, 1.807) is 6.07 Å². The van der Waals surface area contributed by atoms with E-state index < -0.39 is 30.0 Å². The fourth-order valence-corrected chi connectivity index (χ4v) is 9.85. The third-order valence-electron chi connectivity index (χ3n) is 13.3. The van der Waals surface area contributed by atoms with Gasteiger partial charge in [-0.05, 0) is 84.0 Å². The number of benzene rings is 1. The molecule has 0 aliphatic carbocycles. The Morgan fingerprint density at radius 1 is 0.738 bits per heavy atom. The van der Waals surface area contributed by atoms with Gasteiger partial charge in [0.05, 0.1) is 42.5 Å². The fourth-order valence-electron chi connectivity index (χ4n) is 9.85. The predicted octanol–water partition coefficient (Wildman–Crippen LogP) is 10.8. The van der Waals surface area contributed by atoms with Crippen molar-refractivity contribution in [2.75, 3.05) is 13.9 Å². The van der Waals surface area contributed by atoms with Crippen LogP contribution in [0.1, 0.15) is 174 Å². The number of ketones is 1. The Morgan fingerprint density at radius 3 is 1.93 bits per heavy atom. The van der Waals surface area contributed by atoms with E-state index >= 15 is 0 Å². The van der Waals surface area contributed by atoms with Crippen LogP contribution in [-0.4, -0.2) is 86.6 Å². The number of methoxy groups -OCH3 is 1. The Labute approximate surface area is 362 Å². The minimum atomic E-state index is -5.06. The number of hydrogen-bond donors (Lipinski definition) is 0. The zero-order valence-electron chi connectivity index (χ0n) is 37.0. The third-order valence-corrected chi connectivity index (χ3v) is 13.3. The van der Waals surface area contributed by atoms with Crippen LogP contribution in [0.3, 0.4) is 0 Å². The van der Waals surface area contributed by atoms with Crippen molar-refractivity contribution in [2.45, 2.75) is 229 Å². The van der Waals surface area contributed by atoms with Crippen LogP contribution >= 0.6 is 0 Å². The second-order valence-electron chi connectivity index (χ2n) is 18.0. The number of carbonyl (C=O) groups is 3. The first kappa shape index (κ1) is 49.4. The van der Waals surface area contributed by atoms with E-state index in [2.05, 4.69) is 6.92 Å². The van der Waals surface area contributed by atoms with Crippen molar-refractivity contribution in [3.63, 3.8) is 0 Å². The second-order valence-corrected chi connectivity index (χ2v) is 18.0. The number of alkyl halides is 3. The fraction of sp³-hybridized carbons (Fsp3) is 0.812. The van der Waals surface area contributed by atoms with Crippen molar-refractivity contribution in [1.29, 1.82) is 0 Å². The van der Waals surface area contributed by atoms with E-state index in [0.29, 0.717) is 38.5 Å². The van der Waals surface area contributed by atoms with Crippen molar-refractivity contribution in [1.82, 2.24) is 0 Å². The molecule has 0 aromatic heterocycles. The molecule has 5 rings (SSSR count). The van der Waals surface area contributed by atoms with E-state index in [-0.39, 0.29) is 73.1 Å². The van der Waals surface area contributed by atoms with Gasteiger partial charge in [-0.1, -0.05) is 108 Å². The molecule has 0 unspecified atom stereocenters. The molecule has 346 valence electrons. The molecule has 0 spiro atoms. The second kappa shape index (κ2) is 25.1. The molecule has 4 aliphatic rings. The van der Waals surface area contributed by atoms with E-state index in [9.17, 15) is 27.6 Å². The average molecular weight is 867 g/mol. The van der Waals surface area contributed by atoms with Crippen molar-refractivity contribution >= 4 is 17.7 Å². The SMILES string of the molecule is CCCCCCCCCC[C@@H](OC(=O)[C@](OC)(c1ccccc1)C(F)(F)F)[C@H]1CC[C@H]([C@H]2CC[C@@H]([C@@H]3CC[C@@H](CCCCCCC[C@@H]4C[C@@H](CC(C)=O)C(=O)O4)O3)OCO2)O1. The molecule has 4 aliphatic heterocycles. The van der Waals surface area contributed by atoms with Crippen LogP contribution in [0.2, 0.25) is 0 Å². The van der Waals surface area contributed by atoms with Gasteiger partial charge in [0.2, 0.25) is 0 Å². The minimum absolute atomic E-state index is 0.000260. The Morgan fingerprint density at radius 2 is 1.31 bits per heavy atom. The van der Waals surface area contributed by atoms with Gasteiger partial charge in [-0.3, -0.25) is 4.79 Å². The number of esters is 2. The molecule has 1 aromatic rings. The first-order valence-electron chi connectivity index (χ1n) is 23.6. The highest BCUT2D eigenvalue weighted by molar-refractivity contribution is 5.84. The van der Waals surface area contributed by atoms with Crippen molar-refractivity contribution in [3.8, 4) is 0 Å². The molecule has 61 heavy (non-hydrogen) atoms. The van der Waals surface area contributed by atoms with Crippen LogP contribution in [0.25, 0.3) is 0 Å². The van der Waals surface area contributed by atoms with E-state index in [4.69, 9.17) is 33.2 Å². The normalized spacial score (nSPS) is 28.6. The van der Waals surface area contributed by atoms with Gasteiger partial charge in [0.1, 0.15) is 24.8 Å². The monoisotopic (exact) mass is 867 g/mol. The van der Waals surface area contributed by atoms with Crippen LogP contribution in [0, 0.1) is 5.92 Å². The van der Waals surface area contributed by atoms with Gasteiger partial charge in [0, 0.05) is 19.1 Å². The van der Waals surface area contributed by atoms with Gasteiger partial charge in [0.25, 0.3) is 5.60 Å². The Balaban J connectivity index is 1.05. The summed E-state index contributed by atoms with van der Waals surface area (Å²) < 4.78 is 86.2. The first-order chi connectivity index (χ1) is 29.4. The van der Waals surface area contributed by atoms with Crippen LogP contribution < -0.4 is 0 Å². The van der Waals surface area contributed by atoms with Crippen LogP contribution in [0.5, 0.6) is 0 Å². The maximum atomic E-state index is 14.8. The first-order valence-corrected chi connectivity index (χ1v) is 23.6. The standard InChI is InChI=1S/C48H73F3O10/c1-4-5-6-7-8-9-13-19-24-41(61-46(54)47(55-3,48(49,50)51)36-20-15-14-16-21-36)44-30-29-43(60-44)40-28-27-39(56-33-57-40)42-26-25-37(58-42)22-17-11-10-12-18-23-38-32-35(31-34(2)52)45(53)59-38/h14-16,20-21,35,37-44H,4-13,17-19,22-33H2,1-3H3/t35-,37-,38-,39+,40-,41-,42+,43-,44-,47-/m1/s1. The van der Waals surface area contributed by atoms with Crippen molar-refractivity contribution < 1.29 is 60.7 Å². The number of ether oxygens (including phenoxy) is 7. The lowest BCUT2D eigenvalue weighted by molar-refractivity contribution is -0.280. The highest BCUT2D eigenvalue weighted by Crippen LogP contribution is 2.44. The molecular formula is C48H73F3O10. The molecule has 4 heterocycles. The Hall–Kier alpha value is -2.58. The molecule has 0 N–H and O–H groups in total. The van der Waals surface area contributed by atoms with Crippen LogP contribution in [0.4, 0.5) is 13.2 Å². The summed E-state index contributed by atoms with van der Waals surface area (Å²) in [5.41, 5.74) is -3.59. The Kier molecular flexibility index (Phi) is 20.3. The molecule has 13 heteroatoms. The zero-order chi connectivity index (χ0) is 43.7. The van der Waals surface area contributed by atoms with Gasteiger partial charge in [-0.15, -0.1) is 0 Å². The number of halogens is 3. The molecule has 4 saturated heterocycles. The number of cyclic esters (lactones) is 1. The lowest BCUT2D eigenvalue weighted by atomic mass is 9.92. The lowest BCUT2D eigenvalue weighted by Gasteiger charge is -2.35. The highest BCUT2D eigenvalue weighted by Gasteiger charge is 2.64. The summed E-state index contributed by atoms with van der Waals surface area (Å²) in [6.45, 7) is 3.81. The zero-order valence-corrected chi connectivity index (χ0v) is 37.0.